The third-order valence-electron chi connectivity index (χ3n) is 4.25. The zero-order valence-electron chi connectivity index (χ0n) is 13.6. The van der Waals surface area contributed by atoms with Crippen LogP contribution in [0.15, 0.2) is 11.6 Å². The lowest BCUT2D eigenvalue weighted by Crippen LogP contribution is -2.06. The van der Waals surface area contributed by atoms with E-state index in [9.17, 15) is 4.79 Å². The maximum atomic E-state index is 12.0. The van der Waals surface area contributed by atoms with Crippen LogP contribution < -0.4 is 4.74 Å². The minimum Gasteiger partial charge on any atom is -0.496 e. The number of benzene rings is 1. The van der Waals surface area contributed by atoms with E-state index in [1.54, 1.807) is 7.11 Å². The summed E-state index contributed by atoms with van der Waals surface area (Å²) in [5, 5.41) is 0. The van der Waals surface area contributed by atoms with Gasteiger partial charge in [-0.05, 0) is 44.7 Å². The summed E-state index contributed by atoms with van der Waals surface area (Å²) in [5.41, 5.74) is 6.22. The summed E-state index contributed by atoms with van der Waals surface area (Å²) < 4.78 is 10.8. The SMILES string of the molecule is CCC/C(C)=C/Cc1c(C)c2c(c(C)c1OC)COC2=O. The number of ether oxygens (including phenoxy) is 2. The molecule has 21 heavy (non-hydrogen) atoms. The molecule has 0 spiro atoms. The molecule has 0 aliphatic carbocycles. The topological polar surface area (TPSA) is 35.5 Å². The van der Waals surface area contributed by atoms with Crippen molar-refractivity contribution in [3.63, 3.8) is 0 Å². The fourth-order valence-corrected chi connectivity index (χ4v) is 3.06. The van der Waals surface area contributed by atoms with Crippen LogP contribution in [0.5, 0.6) is 5.75 Å². The number of rotatable bonds is 5. The number of methoxy groups -OCH3 is 1. The molecule has 3 heteroatoms. The van der Waals surface area contributed by atoms with Crippen molar-refractivity contribution in [3.05, 3.63) is 39.5 Å². The monoisotopic (exact) mass is 288 g/mol. The first-order chi connectivity index (χ1) is 10.0. The molecule has 0 saturated carbocycles. The quantitative estimate of drug-likeness (QED) is 0.599. The first-order valence-corrected chi connectivity index (χ1v) is 7.52. The molecule has 3 nitrogen and oxygen atoms in total. The van der Waals surface area contributed by atoms with Crippen LogP contribution in [0.3, 0.4) is 0 Å². The molecule has 0 atom stereocenters. The fourth-order valence-electron chi connectivity index (χ4n) is 3.06. The summed E-state index contributed by atoms with van der Waals surface area (Å²) in [6, 6.07) is 0. The van der Waals surface area contributed by atoms with Gasteiger partial charge in [0.25, 0.3) is 0 Å². The Bertz CT molecular complexity index is 597. The van der Waals surface area contributed by atoms with Gasteiger partial charge in [0.1, 0.15) is 12.4 Å². The van der Waals surface area contributed by atoms with Gasteiger partial charge in [0, 0.05) is 11.1 Å². The van der Waals surface area contributed by atoms with Crippen molar-refractivity contribution in [3.8, 4) is 5.75 Å². The minimum absolute atomic E-state index is 0.205. The minimum atomic E-state index is -0.205. The lowest BCUT2D eigenvalue weighted by atomic mass is 9.91. The van der Waals surface area contributed by atoms with Crippen molar-refractivity contribution < 1.29 is 14.3 Å². The zero-order valence-corrected chi connectivity index (χ0v) is 13.6. The van der Waals surface area contributed by atoms with Crippen molar-refractivity contribution in [1.82, 2.24) is 0 Å². The number of fused-ring (bicyclic) bond motifs is 1. The van der Waals surface area contributed by atoms with Crippen LogP contribution in [-0.4, -0.2) is 13.1 Å². The van der Waals surface area contributed by atoms with Gasteiger partial charge in [0.05, 0.1) is 12.7 Å². The van der Waals surface area contributed by atoms with Gasteiger partial charge >= 0.3 is 5.97 Å². The second-order valence-corrected chi connectivity index (χ2v) is 5.70. The number of carbonyl (C=O) groups excluding carboxylic acids is 1. The van der Waals surface area contributed by atoms with Crippen LogP contribution in [0, 0.1) is 13.8 Å². The average molecular weight is 288 g/mol. The van der Waals surface area contributed by atoms with Crippen molar-refractivity contribution in [1.29, 1.82) is 0 Å². The molecule has 0 radical (unpaired) electrons. The van der Waals surface area contributed by atoms with Crippen molar-refractivity contribution in [2.75, 3.05) is 7.11 Å². The summed E-state index contributed by atoms with van der Waals surface area (Å²) in [6.45, 7) is 8.69. The Kier molecular flexibility index (Phi) is 4.71. The van der Waals surface area contributed by atoms with Gasteiger partial charge in [0.15, 0.2) is 0 Å². The second kappa shape index (κ2) is 6.33. The molecule has 1 aromatic carbocycles. The van der Waals surface area contributed by atoms with E-state index in [1.165, 1.54) is 5.57 Å². The van der Waals surface area contributed by atoms with Gasteiger partial charge in [-0.2, -0.15) is 0 Å². The van der Waals surface area contributed by atoms with Crippen LogP contribution >= 0.6 is 0 Å². The molecule has 0 bridgehead atoms. The van der Waals surface area contributed by atoms with Crippen LogP contribution in [0.25, 0.3) is 0 Å². The molecular formula is C18H24O3. The van der Waals surface area contributed by atoms with Crippen LogP contribution in [0.4, 0.5) is 0 Å². The Morgan fingerprint density at radius 3 is 2.67 bits per heavy atom. The second-order valence-electron chi connectivity index (χ2n) is 5.70. The molecule has 1 aliphatic rings. The highest BCUT2D eigenvalue weighted by molar-refractivity contribution is 5.96. The molecule has 0 amide bonds. The van der Waals surface area contributed by atoms with Crippen molar-refractivity contribution in [2.24, 2.45) is 0 Å². The smallest absolute Gasteiger partial charge is 0.339 e. The molecule has 2 rings (SSSR count). The highest BCUT2D eigenvalue weighted by atomic mass is 16.5. The van der Waals surface area contributed by atoms with Crippen molar-refractivity contribution >= 4 is 5.97 Å². The molecule has 0 unspecified atom stereocenters. The highest BCUT2D eigenvalue weighted by Gasteiger charge is 2.29. The molecule has 1 heterocycles. The Morgan fingerprint density at radius 1 is 1.33 bits per heavy atom. The van der Waals surface area contributed by atoms with E-state index in [0.717, 1.165) is 52.8 Å². The van der Waals surface area contributed by atoms with Gasteiger partial charge in [0.2, 0.25) is 0 Å². The maximum absolute atomic E-state index is 12.0. The van der Waals surface area contributed by atoms with E-state index in [0.29, 0.717) is 6.61 Å². The number of carbonyl (C=O) groups is 1. The predicted molar refractivity (Wildman–Crippen MR) is 84.0 cm³/mol. The molecule has 0 aromatic heterocycles. The number of hydrogen-bond acceptors (Lipinski definition) is 3. The molecule has 0 N–H and O–H groups in total. The number of hydrogen-bond donors (Lipinski definition) is 0. The largest absolute Gasteiger partial charge is 0.496 e. The molecule has 0 saturated heterocycles. The normalized spacial score (nSPS) is 14.1. The summed E-state index contributed by atoms with van der Waals surface area (Å²) >= 11 is 0. The fraction of sp³-hybridized carbons (Fsp3) is 0.500. The first-order valence-electron chi connectivity index (χ1n) is 7.52. The standard InChI is InChI=1S/C18H24O3/c1-6-7-11(2)8-9-14-12(3)16-15(10-21-18(16)19)13(4)17(14)20-5/h8H,6-7,9-10H2,1-5H3/b11-8+. The Hall–Kier alpha value is -1.77. The summed E-state index contributed by atoms with van der Waals surface area (Å²) in [5.74, 6) is 0.689. The first kappa shape index (κ1) is 15.6. The average Bonchev–Trinajstić information content (AvgIpc) is 2.84. The van der Waals surface area contributed by atoms with Crippen LogP contribution in [0.1, 0.15) is 59.3 Å². The van der Waals surface area contributed by atoms with Gasteiger partial charge < -0.3 is 9.47 Å². The van der Waals surface area contributed by atoms with Crippen LogP contribution in [0.2, 0.25) is 0 Å². The van der Waals surface area contributed by atoms with Gasteiger partial charge in [-0.15, -0.1) is 0 Å². The summed E-state index contributed by atoms with van der Waals surface area (Å²) in [7, 11) is 1.69. The molecule has 114 valence electrons. The van der Waals surface area contributed by atoms with E-state index in [4.69, 9.17) is 9.47 Å². The summed E-state index contributed by atoms with van der Waals surface area (Å²) in [4.78, 5) is 12.0. The molecule has 1 aromatic rings. The Labute approximate surface area is 127 Å². The third kappa shape index (κ3) is 2.82. The molecule has 0 fully saturated rings. The molecule has 1 aliphatic heterocycles. The van der Waals surface area contributed by atoms with Gasteiger partial charge in [-0.3, -0.25) is 0 Å². The molecular weight excluding hydrogens is 264 g/mol. The number of esters is 1. The van der Waals surface area contributed by atoms with Gasteiger partial charge in [-0.25, -0.2) is 4.79 Å². The number of cyclic esters (lactones) is 1. The lowest BCUT2D eigenvalue weighted by molar-refractivity contribution is 0.0534. The predicted octanol–water partition coefficient (Wildman–Crippen LogP) is 4.27. The zero-order chi connectivity index (χ0) is 15.6. The van der Waals surface area contributed by atoms with E-state index in [-0.39, 0.29) is 5.97 Å². The van der Waals surface area contributed by atoms with E-state index in [1.807, 2.05) is 13.8 Å². The van der Waals surface area contributed by atoms with E-state index < -0.39 is 0 Å². The van der Waals surface area contributed by atoms with Crippen LogP contribution in [-0.2, 0) is 17.8 Å². The summed E-state index contributed by atoms with van der Waals surface area (Å²) in [6.07, 6.45) is 5.28. The Morgan fingerprint density at radius 2 is 2.05 bits per heavy atom. The third-order valence-corrected chi connectivity index (χ3v) is 4.25. The van der Waals surface area contributed by atoms with Crippen molar-refractivity contribution in [2.45, 2.75) is 53.6 Å². The lowest BCUT2D eigenvalue weighted by Gasteiger charge is -2.17. The van der Waals surface area contributed by atoms with Gasteiger partial charge in [-0.1, -0.05) is 25.0 Å². The Balaban J connectivity index is 2.50. The van der Waals surface area contributed by atoms with E-state index in [2.05, 4.69) is 19.9 Å². The maximum Gasteiger partial charge on any atom is 0.339 e. The highest BCUT2D eigenvalue weighted by Crippen LogP contribution is 2.37. The van der Waals surface area contributed by atoms with E-state index >= 15 is 0 Å². The number of allylic oxidation sites excluding steroid dienone is 2.